The Labute approximate surface area is 75.9 Å². The van der Waals surface area contributed by atoms with Gasteiger partial charge in [0.05, 0.1) is 0 Å². The van der Waals surface area contributed by atoms with Crippen LogP contribution in [0.15, 0.2) is 12.4 Å². The monoisotopic (exact) mass is 187 g/mol. The summed E-state index contributed by atoms with van der Waals surface area (Å²) in [5, 5.41) is 13.6. The standard InChI is InChI=1S/C7H12N2.HNO3/c1-3-5-9-6-4-8-7(9)2;2-1(3)4/h4,6H,3,5H2,1-2H3;(H,2,3,4). The quantitative estimate of drug-likeness (QED) is 0.558. The number of nitrogens with zero attached hydrogens (tertiary/aromatic N) is 3. The summed E-state index contributed by atoms with van der Waals surface area (Å²) in [5.74, 6) is 1.11. The summed E-state index contributed by atoms with van der Waals surface area (Å²) in [6.07, 6.45) is 5.03. The van der Waals surface area contributed by atoms with Crippen LogP contribution in [0.4, 0.5) is 0 Å². The Morgan fingerprint density at radius 1 is 1.77 bits per heavy atom. The van der Waals surface area contributed by atoms with E-state index in [1.54, 1.807) is 0 Å². The van der Waals surface area contributed by atoms with Gasteiger partial charge in [-0.05, 0) is 13.3 Å². The van der Waals surface area contributed by atoms with Crippen molar-refractivity contribution in [2.24, 2.45) is 0 Å². The Kier molecular flexibility index (Phi) is 5.25. The lowest BCUT2D eigenvalue weighted by Crippen LogP contribution is -1.96. The number of rotatable bonds is 2. The Bertz CT molecular complexity index is 255. The minimum atomic E-state index is -1.50. The molecule has 0 saturated carbocycles. The van der Waals surface area contributed by atoms with Crippen molar-refractivity contribution >= 4 is 0 Å². The summed E-state index contributed by atoms with van der Waals surface area (Å²) < 4.78 is 2.15. The lowest BCUT2D eigenvalue weighted by atomic mass is 10.5. The van der Waals surface area contributed by atoms with E-state index in [9.17, 15) is 0 Å². The minimum absolute atomic E-state index is 1.09. The zero-order chi connectivity index (χ0) is 10.3. The Morgan fingerprint density at radius 3 is 2.62 bits per heavy atom. The molecule has 0 aliphatic carbocycles. The molecule has 1 aromatic heterocycles. The van der Waals surface area contributed by atoms with Crippen LogP contribution in [0.5, 0.6) is 0 Å². The molecule has 13 heavy (non-hydrogen) atoms. The first-order chi connectivity index (χ1) is 6.07. The summed E-state index contributed by atoms with van der Waals surface area (Å²) in [7, 11) is 0. The summed E-state index contributed by atoms with van der Waals surface area (Å²) >= 11 is 0. The van der Waals surface area contributed by atoms with Gasteiger partial charge in [0.15, 0.2) is 0 Å². The highest BCUT2D eigenvalue weighted by Crippen LogP contribution is 1.95. The highest BCUT2D eigenvalue weighted by Gasteiger charge is 1.91. The maximum Gasteiger partial charge on any atom is 0.291 e. The number of imidazole rings is 1. The van der Waals surface area contributed by atoms with E-state index in [0.29, 0.717) is 0 Å². The lowest BCUT2D eigenvalue weighted by Gasteiger charge is -1.99. The van der Waals surface area contributed by atoms with Crippen LogP contribution in [-0.2, 0) is 6.54 Å². The average Bonchev–Trinajstić information content (AvgIpc) is 2.36. The molecule has 0 aliphatic rings. The summed E-state index contributed by atoms with van der Waals surface area (Å²) in [6, 6.07) is 0. The molecular weight excluding hydrogens is 174 g/mol. The molecule has 1 aromatic rings. The number of aromatic nitrogens is 2. The Balaban J connectivity index is 0.000000310. The molecular formula is C7H13N3O3. The predicted octanol–water partition coefficient (Wildman–Crippen LogP) is 1.25. The second-order valence-corrected chi connectivity index (χ2v) is 2.41. The van der Waals surface area contributed by atoms with Crippen LogP contribution in [-0.4, -0.2) is 19.8 Å². The van der Waals surface area contributed by atoms with E-state index in [1.165, 1.54) is 6.42 Å². The largest absolute Gasteiger partial charge is 0.335 e. The number of aryl methyl sites for hydroxylation is 2. The first-order valence-corrected chi connectivity index (χ1v) is 3.89. The normalized spacial score (nSPS) is 8.77. The summed E-state index contributed by atoms with van der Waals surface area (Å²) in [5.41, 5.74) is 0. The molecule has 0 bridgehead atoms. The molecule has 0 radical (unpaired) electrons. The summed E-state index contributed by atoms with van der Waals surface area (Å²) in [6.45, 7) is 5.28. The van der Waals surface area contributed by atoms with Crippen molar-refractivity contribution in [3.05, 3.63) is 28.3 Å². The van der Waals surface area contributed by atoms with Crippen molar-refractivity contribution in [1.82, 2.24) is 9.55 Å². The molecule has 6 heteroatoms. The van der Waals surface area contributed by atoms with Gasteiger partial charge in [-0.1, -0.05) is 6.92 Å². The zero-order valence-corrected chi connectivity index (χ0v) is 7.67. The van der Waals surface area contributed by atoms with E-state index in [0.717, 1.165) is 12.4 Å². The van der Waals surface area contributed by atoms with E-state index in [-0.39, 0.29) is 0 Å². The van der Waals surface area contributed by atoms with Gasteiger partial charge in [0.1, 0.15) is 5.82 Å². The molecule has 0 unspecified atom stereocenters. The molecule has 1 heterocycles. The highest BCUT2D eigenvalue weighted by atomic mass is 16.9. The molecule has 0 amide bonds. The molecule has 0 atom stereocenters. The van der Waals surface area contributed by atoms with Gasteiger partial charge in [0, 0.05) is 18.9 Å². The predicted molar refractivity (Wildman–Crippen MR) is 46.0 cm³/mol. The topological polar surface area (TPSA) is 81.2 Å². The van der Waals surface area contributed by atoms with Crippen LogP contribution < -0.4 is 0 Å². The number of hydrogen-bond acceptors (Lipinski definition) is 3. The van der Waals surface area contributed by atoms with Crippen LogP contribution in [0.1, 0.15) is 19.2 Å². The molecule has 1 rings (SSSR count). The average molecular weight is 187 g/mol. The Hall–Kier alpha value is -1.59. The maximum atomic E-state index is 8.36. The highest BCUT2D eigenvalue weighted by molar-refractivity contribution is 4.87. The van der Waals surface area contributed by atoms with Gasteiger partial charge in [-0.3, -0.25) is 0 Å². The van der Waals surface area contributed by atoms with Crippen molar-refractivity contribution < 1.29 is 10.3 Å². The van der Waals surface area contributed by atoms with Gasteiger partial charge in [0.2, 0.25) is 0 Å². The van der Waals surface area contributed by atoms with Gasteiger partial charge < -0.3 is 9.77 Å². The van der Waals surface area contributed by atoms with Crippen LogP contribution in [0, 0.1) is 17.0 Å². The van der Waals surface area contributed by atoms with Crippen molar-refractivity contribution in [2.45, 2.75) is 26.8 Å². The molecule has 0 fully saturated rings. The zero-order valence-electron chi connectivity index (χ0n) is 7.67. The first kappa shape index (κ1) is 11.4. The SMILES string of the molecule is CCCn1ccnc1C.O=[N+]([O-])O. The maximum absolute atomic E-state index is 8.36. The van der Waals surface area contributed by atoms with E-state index in [1.807, 2.05) is 19.3 Å². The van der Waals surface area contributed by atoms with E-state index >= 15 is 0 Å². The molecule has 0 saturated heterocycles. The fraction of sp³-hybridized carbons (Fsp3) is 0.571. The summed E-state index contributed by atoms with van der Waals surface area (Å²) in [4.78, 5) is 12.5. The molecule has 0 aromatic carbocycles. The Morgan fingerprint density at radius 2 is 2.31 bits per heavy atom. The third kappa shape index (κ3) is 5.66. The van der Waals surface area contributed by atoms with E-state index in [2.05, 4.69) is 16.5 Å². The van der Waals surface area contributed by atoms with E-state index in [4.69, 9.17) is 15.3 Å². The van der Waals surface area contributed by atoms with Crippen molar-refractivity contribution in [3.8, 4) is 0 Å². The first-order valence-electron chi connectivity index (χ1n) is 3.89. The molecule has 74 valence electrons. The van der Waals surface area contributed by atoms with Crippen molar-refractivity contribution in [3.63, 3.8) is 0 Å². The second kappa shape index (κ2) is 5.99. The molecule has 1 N–H and O–H groups in total. The van der Waals surface area contributed by atoms with Gasteiger partial charge in [0.25, 0.3) is 5.09 Å². The minimum Gasteiger partial charge on any atom is -0.335 e. The van der Waals surface area contributed by atoms with Crippen LogP contribution in [0.3, 0.4) is 0 Å². The van der Waals surface area contributed by atoms with Crippen molar-refractivity contribution in [2.75, 3.05) is 0 Å². The van der Waals surface area contributed by atoms with Crippen LogP contribution >= 0.6 is 0 Å². The molecule has 0 spiro atoms. The lowest BCUT2D eigenvalue weighted by molar-refractivity contribution is -0.742. The third-order valence-electron chi connectivity index (χ3n) is 1.39. The molecule has 0 aliphatic heterocycles. The third-order valence-corrected chi connectivity index (χ3v) is 1.39. The van der Waals surface area contributed by atoms with Gasteiger partial charge in [-0.25, -0.2) is 4.98 Å². The second-order valence-electron chi connectivity index (χ2n) is 2.41. The van der Waals surface area contributed by atoms with Crippen LogP contribution in [0.2, 0.25) is 0 Å². The van der Waals surface area contributed by atoms with Gasteiger partial charge in [-0.15, -0.1) is 10.1 Å². The molecule has 6 nitrogen and oxygen atoms in total. The fourth-order valence-electron chi connectivity index (χ4n) is 0.881. The van der Waals surface area contributed by atoms with Gasteiger partial charge >= 0.3 is 0 Å². The van der Waals surface area contributed by atoms with Crippen LogP contribution in [0.25, 0.3) is 0 Å². The number of hydrogen-bond donors (Lipinski definition) is 1. The smallest absolute Gasteiger partial charge is 0.291 e. The van der Waals surface area contributed by atoms with Crippen molar-refractivity contribution in [1.29, 1.82) is 0 Å². The van der Waals surface area contributed by atoms with E-state index < -0.39 is 5.09 Å². The fourth-order valence-corrected chi connectivity index (χ4v) is 0.881. The van der Waals surface area contributed by atoms with Gasteiger partial charge in [-0.2, -0.15) is 0 Å².